The molecule has 0 unspecified atom stereocenters. The van der Waals surface area contributed by atoms with Crippen LogP contribution in [0.4, 0.5) is 0 Å². The molecule has 22 heavy (non-hydrogen) atoms. The third-order valence-electron chi connectivity index (χ3n) is 4.65. The number of aliphatic imine (C=N–C) groups is 1. The molecule has 0 atom stereocenters. The van der Waals surface area contributed by atoms with Crippen LogP contribution in [0.25, 0.3) is 0 Å². The van der Waals surface area contributed by atoms with Crippen molar-refractivity contribution in [2.24, 2.45) is 16.1 Å². The van der Waals surface area contributed by atoms with Gasteiger partial charge in [-0.3, -0.25) is 4.99 Å². The summed E-state index contributed by atoms with van der Waals surface area (Å²) in [5.41, 5.74) is 7.63. The molecule has 0 aliphatic heterocycles. The van der Waals surface area contributed by atoms with Gasteiger partial charge in [0, 0.05) is 26.8 Å². The Labute approximate surface area is 134 Å². The van der Waals surface area contributed by atoms with Crippen LogP contribution in [0.15, 0.2) is 35.3 Å². The smallest absolute Gasteiger partial charge is 0.188 e. The fraction of sp³-hybridized carbons (Fsp3) is 0.611. The number of nitrogens with zero attached hydrogens (tertiary/aromatic N) is 1. The van der Waals surface area contributed by atoms with Gasteiger partial charge in [0.1, 0.15) is 0 Å². The number of hydrogen-bond acceptors (Lipinski definition) is 2. The lowest BCUT2D eigenvalue weighted by atomic mass is 9.83. The summed E-state index contributed by atoms with van der Waals surface area (Å²) >= 11 is 0. The summed E-state index contributed by atoms with van der Waals surface area (Å²) in [5, 5.41) is 3.22. The maximum absolute atomic E-state index is 6.01. The first kappa shape index (κ1) is 16.8. The summed E-state index contributed by atoms with van der Waals surface area (Å²) in [7, 11) is 1.77. The number of guanidine groups is 1. The first-order valence-electron chi connectivity index (χ1n) is 8.31. The Morgan fingerprint density at radius 1 is 1.27 bits per heavy atom. The van der Waals surface area contributed by atoms with Crippen molar-refractivity contribution in [3.8, 4) is 0 Å². The fourth-order valence-electron chi connectivity index (χ4n) is 3.22. The van der Waals surface area contributed by atoms with Gasteiger partial charge in [0.25, 0.3) is 0 Å². The zero-order chi connectivity index (χ0) is 15.7. The van der Waals surface area contributed by atoms with E-state index in [4.69, 9.17) is 10.5 Å². The summed E-state index contributed by atoms with van der Waals surface area (Å²) in [4.78, 5) is 4.59. The second-order valence-electron chi connectivity index (χ2n) is 6.31. The van der Waals surface area contributed by atoms with Gasteiger partial charge in [-0.25, -0.2) is 0 Å². The molecule has 1 aliphatic carbocycles. The minimum atomic E-state index is 0.307. The van der Waals surface area contributed by atoms with Gasteiger partial charge in [-0.15, -0.1) is 0 Å². The van der Waals surface area contributed by atoms with Crippen molar-refractivity contribution in [1.82, 2.24) is 5.32 Å². The second-order valence-corrected chi connectivity index (χ2v) is 6.31. The molecular formula is C18H29N3O. The van der Waals surface area contributed by atoms with Crippen LogP contribution < -0.4 is 11.1 Å². The number of nitrogens with one attached hydrogen (secondary N) is 1. The highest BCUT2D eigenvalue weighted by Gasteiger charge is 2.33. The Bertz CT molecular complexity index is 453. The first-order chi connectivity index (χ1) is 10.7. The van der Waals surface area contributed by atoms with Crippen LogP contribution in [0.5, 0.6) is 0 Å². The van der Waals surface area contributed by atoms with E-state index in [1.807, 2.05) is 6.07 Å². The number of nitrogens with two attached hydrogens (primary N) is 1. The number of rotatable bonds is 8. The lowest BCUT2D eigenvalue weighted by Gasteiger charge is -2.26. The standard InChI is InChI=1S/C18H29N3O/c1-22-14-12-18(10-5-6-11-18)15-21-17(19)20-13-9-16-7-3-2-4-8-16/h2-4,7-8H,5-6,9-15H2,1H3,(H3,19,20,21). The van der Waals surface area contributed by atoms with Crippen LogP contribution in [0, 0.1) is 5.41 Å². The van der Waals surface area contributed by atoms with Gasteiger partial charge >= 0.3 is 0 Å². The molecule has 1 fully saturated rings. The van der Waals surface area contributed by atoms with Crippen molar-refractivity contribution in [2.45, 2.75) is 38.5 Å². The van der Waals surface area contributed by atoms with E-state index in [9.17, 15) is 0 Å². The SMILES string of the molecule is COCCC1(CN=C(N)NCCc2ccccc2)CCCC1. The molecule has 0 bridgehead atoms. The van der Waals surface area contributed by atoms with Crippen LogP contribution in [0.1, 0.15) is 37.7 Å². The van der Waals surface area contributed by atoms with Gasteiger partial charge in [-0.1, -0.05) is 43.2 Å². The molecule has 2 rings (SSSR count). The van der Waals surface area contributed by atoms with Gasteiger partial charge in [0.2, 0.25) is 0 Å². The minimum Gasteiger partial charge on any atom is -0.385 e. The molecule has 4 heteroatoms. The molecule has 0 heterocycles. The Balaban J connectivity index is 1.76. The molecule has 1 aromatic rings. The minimum absolute atomic E-state index is 0.307. The number of benzene rings is 1. The summed E-state index contributed by atoms with van der Waals surface area (Å²) in [6.07, 6.45) is 7.16. The van der Waals surface area contributed by atoms with E-state index in [2.05, 4.69) is 34.6 Å². The zero-order valence-electron chi connectivity index (χ0n) is 13.7. The maximum Gasteiger partial charge on any atom is 0.188 e. The van der Waals surface area contributed by atoms with E-state index in [1.54, 1.807) is 7.11 Å². The molecular weight excluding hydrogens is 274 g/mol. The van der Waals surface area contributed by atoms with Crippen LogP contribution >= 0.6 is 0 Å². The normalized spacial score (nSPS) is 17.6. The third-order valence-corrected chi connectivity index (χ3v) is 4.65. The monoisotopic (exact) mass is 303 g/mol. The largest absolute Gasteiger partial charge is 0.385 e. The molecule has 0 aromatic heterocycles. The van der Waals surface area contributed by atoms with Gasteiger partial charge in [0.05, 0.1) is 0 Å². The van der Waals surface area contributed by atoms with Crippen LogP contribution in [-0.2, 0) is 11.2 Å². The molecule has 1 aliphatic rings. The Morgan fingerprint density at radius 2 is 2.00 bits per heavy atom. The van der Waals surface area contributed by atoms with Gasteiger partial charge in [0.15, 0.2) is 5.96 Å². The predicted molar refractivity (Wildman–Crippen MR) is 92.0 cm³/mol. The van der Waals surface area contributed by atoms with Crippen molar-refractivity contribution >= 4 is 5.96 Å². The first-order valence-corrected chi connectivity index (χ1v) is 8.31. The third kappa shape index (κ3) is 5.34. The number of hydrogen-bond donors (Lipinski definition) is 2. The van der Waals surface area contributed by atoms with E-state index in [1.165, 1.54) is 31.2 Å². The number of methoxy groups -OCH3 is 1. The van der Waals surface area contributed by atoms with E-state index in [0.29, 0.717) is 11.4 Å². The highest BCUT2D eigenvalue weighted by Crippen LogP contribution is 2.41. The molecule has 0 amide bonds. The molecule has 0 radical (unpaired) electrons. The van der Waals surface area contributed by atoms with Crippen LogP contribution in [0.3, 0.4) is 0 Å². The Kier molecular flexibility index (Phi) is 6.72. The Hall–Kier alpha value is -1.55. The summed E-state index contributed by atoms with van der Waals surface area (Å²) in [5.74, 6) is 0.569. The average Bonchev–Trinajstić information content (AvgIpc) is 3.01. The molecule has 4 nitrogen and oxygen atoms in total. The van der Waals surface area contributed by atoms with Crippen molar-refractivity contribution in [3.63, 3.8) is 0 Å². The van der Waals surface area contributed by atoms with Gasteiger partial charge in [-0.2, -0.15) is 0 Å². The molecule has 1 saturated carbocycles. The van der Waals surface area contributed by atoms with Crippen molar-refractivity contribution < 1.29 is 4.74 Å². The van der Waals surface area contributed by atoms with E-state index in [-0.39, 0.29) is 0 Å². The molecule has 122 valence electrons. The maximum atomic E-state index is 6.01. The second kappa shape index (κ2) is 8.79. The van der Waals surface area contributed by atoms with Crippen molar-refractivity contribution in [3.05, 3.63) is 35.9 Å². The quantitative estimate of drug-likeness (QED) is 0.573. The highest BCUT2D eigenvalue weighted by atomic mass is 16.5. The summed E-state index contributed by atoms with van der Waals surface area (Å²) < 4.78 is 5.25. The zero-order valence-corrected chi connectivity index (χ0v) is 13.7. The van der Waals surface area contributed by atoms with E-state index >= 15 is 0 Å². The van der Waals surface area contributed by atoms with Crippen molar-refractivity contribution in [2.75, 3.05) is 26.8 Å². The molecule has 0 saturated heterocycles. The van der Waals surface area contributed by atoms with E-state index < -0.39 is 0 Å². The molecule has 0 spiro atoms. The molecule has 1 aromatic carbocycles. The van der Waals surface area contributed by atoms with Gasteiger partial charge in [-0.05, 0) is 36.7 Å². The molecule has 3 N–H and O–H groups in total. The highest BCUT2D eigenvalue weighted by molar-refractivity contribution is 5.77. The topological polar surface area (TPSA) is 59.6 Å². The lowest BCUT2D eigenvalue weighted by Crippen LogP contribution is -2.35. The summed E-state index contributed by atoms with van der Waals surface area (Å²) in [6.45, 7) is 2.46. The fourth-order valence-corrected chi connectivity index (χ4v) is 3.22. The number of ether oxygens (including phenoxy) is 1. The van der Waals surface area contributed by atoms with Crippen LogP contribution in [-0.4, -0.2) is 32.8 Å². The average molecular weight is 303 g/mol. The predicted octanol–water partition coefficient (Wildman–Crippen LogP) is 2.73. The van der Waals surface area contributed by atoms with E-state index in [0.717, 1.165) is 32.5 Å². The summed E-state index contributed by atoms with van der Waals surface area (Å²) in [6, 6.07) is 10.4. The van der Waals surface area contributed by atoms with Gasteiger partial charge < -0.3 is 15.8 Å². The lowest BCUT2D eigenvalue weighted by molar-refractivity contribution is 0.141. The van der Waals surface area contributed by atoms with Crippen LogP contribution in [0.2, 0.25) is 0 Å². The van der Waals surface area contributed by atoms with Crippen molar-refractivity contribution in [1.29, 1.82) is 0 Å². The Morgan fingerprint density at radius 3 is 2.68 bits per heavy atom.